The average Bonchev–Trinajstić information content (AvgIpc) is 2.63. The number of ether oxygens (including phenoxy) is 2. The molecule has 1 saturated heterocycles. The van der Waals surface area contributed by atoms with E-state index in [0.717, 1.165) is 24.0 Å². The van der Waals surface area contributed by atoms with E-state index in [-0.39, 0.29) is 0 Å². The van der Waals surface area contributed by atoms with E-state index in [2.05, 4.69) is 31.2 Å². The molecule has 0 unspecified atom stereocenters. The highest BCUT2D eigenvalue weighted by Gasteiger charge is 2.19. The Balaban J connectivity index is 1.66. The van der Waals surface area contributed by atoms with Crippen LogP contribution < -0.4 is 14.4 Å². The second-order valence-electron chi connectivity index (χ2n) is 6.87. The largest absolute Gasteiger partial charge is 0.493 e. The summed E-state index contributed by atoms with van der Waals surface area (Å²) in [5.41, 5.74) is 2.49. The average molecular weight is 326 g/mol. The molecule has 3 heteroatoms. The first-order chi connectivity index (χ1) is 11.7. The molecule has 2 aromatic carbocycles. The van der Waals surface area contributed by atoms with E-state index >= 15 is 0 Å². The maximum atomic E-state index is 6.03. The van der Waals surface area contributed by atoms with Gasteiger partial charge in [0.05, 0.1) is 20.2 Å². The first-order valence-electron chi connectivity index (χ1n) is 8.92. The third kappa shape index (κ3) is 4.51. The Morgan fingerprint density at radius 2 is 1.71 bits per heavy atom. The Labute approximate surface area is 145 Å². The SMILES string of the molecule is COc1ccc(C[NH+]2CCC(C)CC2)cc1OCc1ccccc1. The number of rotatable bonds is 6. The highest BCUT2D eigenvalue weighted by atomic mass is 16.5. The van der Waals surface area contributed by atoms with Crippen LogP contribution in [0.1, 0.15) is 30.9 Å². The van der Waals surface area contributed by atoms with Crippen LogP contribution in [0, 0.1) is 5.92 Å². The zero-order valence-corrected chi connectivity index (χ0v) is 14.8. The minimum atomic E-state index is 0.564. The van der Waals surface area contributed by atoms with E-state index in [1.165, 1.54) is 37.1 Å². The number of hydrogen-bond acceptors (Lipinski definition) is 2. The lowest BCUT2D eigenvalue weighted by Crippen LogP contribution is -3.11. The molecule has 0 amide bonds. The molecule has 0 spiro atoms. The van der Waals surface area contributed by atoms with E-state index in [4.69, 9.17) is 9.47 Å². The van der Waals surface area contributed by atoms with Crippen molar-refractivity contribution in [2.75, 3.05) is 20.2 Å². The zero-order valence-electron chi connectivity index (χ0n) is 14.8. The van der Waals surface area contributed by atoms with Gasteiger partial charge >= 0.3 is 0 Å². The third-order valence-corrected chi connectivity index (χ3v) is 4.90. The molecule has 3 rings (SSSR count). The second-order valence-corrected chi connectivity index (χ2v) is 6.87. The van der Waals surface area contributed by atoms with Crippen molar-refractivity contribution >= 4 is 0 Å². The Hall–Kier alpha value is -2.00. The van der Waals surface area contributed by atoms with Crippen LogP contribution in [-0.4, -0.2) is 20.2 Å². The molecule has 1 heterocycles. The van der Waals surface area contributed by atoms with Gasteiger partial charge in [-0.15, -0.1) is 0 Å². The van der Waals surface area contributed by atoms with Crippen molar-refractivity contribution in [2.24, 2.45) is 5.92 Å². The molecule has 0 bridgehead atoms. The lowest BCUT2D eigenvalue weighted by Gasteiger charge is -2.27. The van der Waals surface area contributed by atoms with Crippen LogP contribution >= 0.6 is 0 Å². The van der Waals surface area contributed by atoms with Crippen molar-refractivity contribution in [2.45, 2.75) is 32.9 Å². The third-order valence-electron chi connectivity index (χ3n) is 4.90. The normalized spacial score (nSPS) is 20.6. The zero-order chi connectivity index (χ0) is 16.8. The maximum Gasteiger partial charge on any atom is 0.162 e. The molecule has 1 aliphatic rings. The summed E-state index contributed by atoms with van der Waals surface area (Å²) < 4.78 is 11.5. The smallest absolute Gasteiger partial charge is 0.162 e. The highest BCUT2D eigenvalue weighted by Crippen LogP contribution is 2.28. The molecule has 1 fully saturated rings. The van der Waals surface area contributed by atoms with Gasteiger partial charge in [0.1, 0.15) is 13.2 Å². The molecule has 24 heavy (non-hydrogen) atoms. The molecule has 1 aliphatic heterocycles. The molecule has 3 nitrogen and oxygen atoms in total. The van der Waals surface area contributed by atoms with Gasteiger partial charge in [0.2, 0.25) is 0 Å². The summed E-state index contributed by atoms with van der Waals surface area (Å²) in [7, 11) is 1.70. The van der Waals surface area contributed by atoms with Gasteiger partial charge in [0.15, 0.2) is 11.5 Å². The topological polar surface area (TPSA) is 22.9 Å². The summed E-state index contributed by atoms with van der Waals surface area (Å²) in [5, 5.41) is 0. The van der Waals surface area contributed by atoms with Crippen molar-refractivity contribution in [1.29, 1.82) is 0 Å². The summed E-state index contributed by atoms with van der Waals surface area (Å²) in [5.74, 6) is 2.52. The number of likely N-dealkylation sites (tertiary alicyclic amines) is 1. The maximum absolute atomic E-state index is 6.03. The van der Waals surface area contributed by atoms with Crippen LogP contribution in [0.4, 0.5) is 0 Å². The first kappa shape index (κ1) is 16.8. The molecule has 2 aromatic rings. The molecule has 0 atom stereocenters. The molecule has 1 N–H and O–H groups in total. The van der Waals surface area contributed by atoms with Crippen LogP contribution in [0.3, 0.4) is 0 Å². The fourth-order valence-electron chi connectivity index (χ4n) is 3.32. The molecule has 0 radical (unpaired) electrons. The number of methoxy groups -OCH3 is 1. The summed E-state index contributed by atoms with van der Waals surface area (Å²) in [6, 6.07) is 16.6. The Morgan fingerprint density at radius 1 is 0.958 bits per heavy atom. The van der Waals surface area contributed by atoms with Crippen LogP contribution in [0.25, 0.3) is 0 Å². The van der Waals surface area contributed by atoms with Crippen molar-refractivity contribution < 1.29 is 14.4 Å². The van der Waals surface area contributed by atoms with Gasteiger partial charge in [-0.3, -0.25) is 0 Å². The van der Waals surface area contributed by atoms with Crippen molar-refractivity contribution in [3.8, 4) is 11.5 Å². The summed E-state index contributed by atoms with van der Waals surface area (Å²) in [6.45, 7) is 6.54. The highest BCUT2D eigenvalue weighted by molar-refractivity contribution is 5.42. The second kappa shape index (κ2) is 8.20. The van der Waals surface area contributed by atoms with Crippen molar-refractivity contribution in [3.05, 3.63) is 59.7 Å². The minimum absolute atomic E-state index is 0.564. The summed E-state index contributed by atoms with van der Waals surface area (Å²) >= 11 is 0. The van der Waals surface area contributed by atoms with Crippen LogP contribution in [0.15, 0.2) is 48.5 Å². The van der Waals surface area contributed by atoms with E-state index in [1.54, 1.807) is 12.0 Å². The summed E-state index contributed by atoms with van der Waals surface area (Å²) in [6.07, 6.45) is 2.67. The van der Waals surface area contributed by atoms with Crippen molar-refractivity contribution in [3.63, 3.8) is 0 Å². The quantitative estimate of drug-likeness (QED) is 0.881. The van der Waals surface area contributed by atoms with E-state index in [9.17, 15) is 0 Å². The molecule has 0 aromatic heterocycles. The summed E-state index contributed by atoms with van der Waals surface area (Å²) in [4.78, 5) is 1.67. The van der Waals surface area contributed by atoms with E-state index in [0.29, 0.717) is 6.61 Å². The lowest BCUT2D eigenvalue weighted by atomic mass is 9.99. The van der Waals surface area contributed by atoms with Gasteiger partial charge in [0, 0.05) is 5.56 Å². The standard InChI is InChI=1S/C21H27NO2/c1-17-10-12-22(13-11-17)15-19-8-9-20(23-2)21(14-19)24-16-18-6-4-3-5-7-18/h3-9,14,17H,10-13,15-16H2,1-2H3/p+1. The Bertz CT molecular complexity index is 634. The number of hydrogen-bond donors (Lipinski definition) is 1. The van der Waals surface area contributed by atoms with Crippen LogP contribution in [-0.2, 0) is 13.2 Å². The molecule has 0 saturated carbocycles. The molecule has 0 aliphatic carbocycles. The van der Waals surface area contributed by atoms with Crippen molar-refractivity contribution in [1.82, 2.24) is 0 Å². The monoisotopic (exact) mass is 326 g/mol. The predicted molar refractivity (Wildman–Crippen MR) is 96.6 cm³/mol. The Morgan fingerprint density at radius 3 is 2.42 bits per heavy atom. The lowest BCUT2D eigenvalue weighted by molar-refractivity contribution is -0.919. The molecule has 128 valence electrons. The van der Waals surface area contributed by atoms with Crippen LogP contribution in [0.2, 0.25) is 0 Å². The molecular formula is C21H28NO2+. The predicted octanol–water partition coefficient (Wildman–Crippen LogP) is 3.09. The number of benzene rings is 2. The molecular weight excluding hydrogens is 298 g/mol. The van der Waals surface area contributed by atoms with Gasteiger partial charge in [-0.25, -0.2) is 0 Å². The van der Waals surface area contributed by atoms with E-state index in [1.807, 2.05) is 24.3 Å². The van der Waals surface area contributed by atoms with Gasteiger partial charge < -0.3 is 14.4 Å². The van der Waals surface area contributed by atoms with Gasteiger partial charge in [-0.1, -0.05) is 37.3 Å². The van der Waals surface area contributed by atoms with Gasteiger partial charge in [-0.05, 0) is 42.5 Å². The fraction of sp³-hybridized carbons (Fsp3) is 0.429. The van der Waals surface area contributed by atoms with Gasteiger partial charge in [0.25, 0.3) is 0 Å². The number of quaternary nitrogens is 1. The van der Waals surface area contributed by atoms with Crippen LogP contribution in [0.5, 0.6) is 11.5 Å². The van der Waals surface area contributed by atoms with Gasteiger partial charge in [-0.2, -0.15) is 0 Å². The Kier molecular flexibility index (Phi) is 5.76. The first-order valence-corrected chi connectivity index (χ1v) is 8.92. The fourth-order valence-corrected chi connectivity index (χ4v) is 3.32. The number of nitrogens with one attached hydrogen (secondary N) is 1. The number of piperidine rings is 1. The van der Waals surface area contributed by atoms with E-state index < -0.39 is 0 Å². The minimum Gasteiger partial charge on any atom is -0.493 e.